The van der Waals surface area contributed by atoms with Crippen LogP contribution in [0.25, 0.3) is 0 Å². The van der Waals surface area contributed by atoms with Crippen molar-refractivity contribution in [1.82, 2.24) is 5.32 Å². The molecule has 146 valence electrons. The number of hydrogen-bond acceptors (Lipinski definition) is 4. The van der Waals surface area contributed by atoms with Crippen molar-refractivity contribution in [3.8, 4) is 5.75 Å². The predicted molar refractivity (Wildman–Crippen MR) is 89.8 cm³/mol. The van der Waals surface area contributed by atoms with Gasteiger partial charge in [-0.3, -0.25) is 0 Å². The molecule has 0 atom stereocenters. The molecule has 0 heterocycles. The SMILES string of the molecule is CC.CCCNC.COc1c(F)c(F)cc(F)c1F.O=CCCC=O. The van der Waals surface area contributed by atoms with Crippen LogP contribution in [0.4, 0.5) is 17.6 Å². The van der Waals surface area contributed by atoms with E-state index in [9.17, 15) is 27.2 Å². The van der Waals surface area contributed by atoms with E-state index in [2.05, 4.69) is 17.0 Å². The first kappa shape index (κ1) is 27.9. The fraction of sp³-hybridized carbons (Fsp3) is 0.529. The Morgan fingerprint density at radius 2 is 1.40 bits per heavy atom. The second-order valence-electron chi connectivity index (χ2n) is 4.02. The molecule has 0 unspecified atom stereocenters. The van der Waals surface area contributed by atoms with E-state index >= 15 is 0 Å². The molecule has 0 aliphatic heterocycles. The number of carbonyl (C=O) groups excluding carboxylic acids is 2. The largest absolute Gasteiger partial charge is 0.491 e. The van der Waals surface area contributed by atoms with Gasteiger partial charge in [-0.05, 0) is 20.0 Å². The topological polar surface area (TPSA) is 55.4 Å². The van der Waals surface area contributed by atoms with E-state index < -0.39 is 29.0 Å². The minimum Gasteiger partial charge on any atom is -0.491 e. The maximum absolute atomic E-state index is 12.5. The zero-order valence-electron chi connectivity index (χ0n) is 15.3. The Morgan fingerprint density at radius 3 is 1.60 bits per heavy atom. The summed E-state index contributed by atoms with van der Waals surface area (Å²) in [5, 5.41) is 3.02. The molecule has 0 bridgehead atoms. The number of unbranched alkanes of at least 4 members (excludes halogenated alkanes) is 1. The Labute approximate surface area is 146 Å². The lowest BCUT2D eigenvalue weighted by Gasteiger charge is -2.03. The summed E-state index contributed by atoms with van der Waals surface area (Å²) in [6.07, 6.45) is 3.42. The zero-order chi connectivity index (χ0) is 20.3. The van der Waals surface area contributed by atoms with E-state index in [1.165, 1.54) is 6.42 Å². The van der Waals surface area contributed by atoms with E-state index in [0.717, 1.165) is 26.2 Å². The predicted octanol–water partition coefficient (Wildman–Crippen LogP) is 4.06. The van der Waals surface area contributed by atoms with Crippen molar-refractivity contribution in [1.29, 1.82) is 0 Å². The van der Waals surface area contributed by atoms with E-state index in [-0.39, 0.29) is 6.07 Å². The average Bonchev–Trinajstić information content (AvgIpc) is 2.62. The van der Waals surface area contributed by atoms with E-state index in [0.29, 0.717) is 12.8 Å². The van der Waals surface area contributed by atoms with Gasteiger partial charge in [0.25, 0.3) is 0 Å². The van der Waals surface area contributed by atoms with Gasteiger partial charge in [0.1, 0.15) is 12.6 Å². The first-order valence-electron chi connectivity index (χ1n) is 7.79. The number of rotatable bonds is 6. The molecule has 1 N–H and O–H groups in total. The standard InChI is InChI=1S/C7H4F4O.C4H11N.C4H6O2.C2H6/c1-12-7-5(10)3(8)2-4(9)6(7)11;1-3-4-5-2;5-3-1-2-4-6;1-2/h2H,1H3;5H,3-4H2,1-2H3;3-4H,1-2H2;1-2H3. The van der Waals surface area contributed by atoms with Crippen LogP contribution in [-0.4, -0.2) is 33.3 Å². The smallest absolute Gasteiger partial charge is 0.203 e. The van der Waals surface area contributed by atoms with Gasteiger partial charge in [-0.15, -0.1) is 0 Å². The summed E-state index contributed by atoms with van der Waals surface area (Å²) in [7, 11) is 2.88. The third kappa shape index (κ3) is 14.1. The van der Waals surface area contributed by atoms with Crippen LogP contribution in [-0.2, 0) is 9.59 Å². The molecular formula is C17H27F4NO3. The van der Waals surface area contributed by atoms with Gasteiger partial charge in [-0.2, -0.15) is 8.78 Å². The van der Waals surface area contributed by atoms with Gasteiger partial charge in [0.15, 0.2) is 17.4 Å². The third-order valence-electron chi connectivity index (χ3n) is 2.18. The molecule has 0 aliphatic rings. The van der Waals surface area contributed by atoms with Gasteiger partial charge in [-0.25, -0.2) is 8.78 Å². The van der Waals surface area contributed by atoms with Crippen molar-refractivity contribution in [2.45, 2.75) is 40.0 Å². The molecule has 8 heteroatoms. The number of aldehydes is 2. The van der Waals surface area contributed by atoms with Crippen LogP contribution in [0.15, 0.2) is 6.07 Å². The molecule has 1 aromatic carbocycles. The van der Waals surface area contributed by atoms with Gasteiger partial charge < -0.3 is 19.6 Å². The third-order valence-corrected chi connectivity index (χ3v) is 2.18. The van der Waals surface area contributed by atoms with Crippen LogP contribution in [0, 0.1) is 23.3 Å². The first-order chi connectivity index (χ1) is 11.9. The summed E-state index contributed by atoms with van der Waals surface area (Å²) in [6.45, 7) is 7.29. The second-order valence-corrected chi connectivity index (χ2v) is 4.02. The highest BCUT2D eigenvalue weighted by Crippen LogP contribution is 2.25. The summed E-state index contributed by atoms with van der Waals surface area (Å²) in [6, 6.07) is 0.118. The Balaban J connectivity index is -0.000000315. The molecule has 1 rings (SSSR count). The molecule has 0 spiro atoms. The second kappa shape index (κ2) is 20.1. The molecule has 0 aliphatic carbocycles. The highest BCUT2D eigenvalue weighted by atomic mass is 19.2. The summed E-state index contributed by atoms with van der Waals surface area (Å²) in [5.74, 6) is -7.07. The van der Waals surface area contributed by atoms with Crippen molar-refractivity contribution in [3.63, 3.8) is 0 Å². The van der Waals surface area contributed by atoms with E-state index in [1.54, 1.807) is 0 Å². The Bertz CT molecular complexity index is 435. The molecular weight excluding hydrogens is 342 g/mol. The quantitative estimate of drug-likeness (QED) is 0.356. The Kier molecular flexibility index (Phi) is 22.4. The van der Waals surface area contributed by atoms with Crippen molar-refractivity contribution in [2.24, 2.45) is 0 Å². The highest BCUT2D eigenvalue weighted by Gasteiger charge is 2.19. The number of carbonyl (C=O) groups is 2. The number of methoxy groups -OCH3 is 1. The first-order valence-corrected chi connectivity index (χ1v) is 7.79. The van der Waals surface area contributed by atoms with Crippen molar-refractivity contribution >= 4 is 12.6 Å². The molecule has 25 heavy (non-hydrogen) atoms. The van der Waals surface area contributed by atoms with Crippen molar-refractivity contribution in [3.05, 3.63) is 29.3 Å². The van der Waals surface area contributed by atoms with Crippen LogP contribution in [0.2, 0.25) is 0 Å². The van der Waals surface area contributed by atoms with Crippen LogP contribution < -0.4 is 10.1 Å². The normalized spacial score (nSPS) is 8.52. The number of ether oxygens (including phenoxy) is 1. The van der Waals surface area contributed by atoms with Crippen LogP contribution >= 0.6 is 0 Å². The number of nitrogens with one attached hydrogen (secondary N) is 1. The average molecular weight is 369 g/mol. The molecule has 0 saturated heterocycles. The molecule has 0 fully saturated rings. The lowest BCUT2D eigenvalue weighted by molar-refractivity contribution is -0.112. The highest BCUT2D eigenvalue weighted by molar-refractivity contribution is 5.58. The molecule has 0 radical (unpaired) electrons. The Hall–Kier alpha value is -1.96. The van der Waals surface area contributed by atoms with Crippen LogP contribution in [0.3, 0.4) is 0 Å². The van der Waals surface area contributed by atoms with Gasteiger partial charge >= 0.3 is 0 Å². The summed E-state index contributed by atoms with van der Waals surface area (Å²) in [5.41, 5.74) is 0. The van der Waals surface area contributed by atoms with Gasteiger partial charge in [-0.1, -0.05) is 20.8 Å². The zero-order valence-corrected chi connectivity index (χ0v) is 15.3. The van der Waals surface area contributed by atoms with Gasteiger partial charge in [0.05, 0.1) is 7.11 Å². The number of benzene rings is 1. The van der Waals surface area contributed by atoms with Gasteiger partial charge in [0, 0.05) is 18.9 Å². The van der Waals surface area contributed by atoms with Crippen molar-refractivity contribution < 1.29 is 31.9 Å². The summed E-state index contributed by atoms with van der Waals surface area (Å²) < 4.78 is 53.9. The number of halogens is 4. The van der Waals surface area contributed by atoms with E-state index in [4.69, 9.17) is 0 Å². The lowest BCUT2D eigenvalue weighted by Crippen LogP contribution is -2.04. The molecule has 1 aromatic rings. The Morgan fingerprint density at radius 1 is 1.00 bits per heavy atom. The number of hydrogen-bond donors (Lipinski definition) is 1. The molecule has 4 nitrogen and oxygen atoms in total. The summed E-state index contributed by atoms with van der Waals surface area (Å²) >= 11 is 0. The minimum absolute atomic E-state index is 0.118. The minimum atomic E-state index is -1.53. The van der Waals surface area contributed by atoms with Crippen LogP contribution in [0.5, 0.6) is 5.75 Å². The lowest BCUT2D eigenvalue weighted by atomic mass is 10.3. The fourth-order valence-electron chi connectivity index (χ4n) is 1.12. The van der Waals surface area contributed by atoms with E-state index in [1.807, 2.05) is 20.9 Å². The fourth-order valence-corrected chi connectivity index (χ4v) is 1.12. The van der Waals surface area contributed by atoms with Crippen molar-refractivity contribution in [2.75, 3.05) is 20.7 Å². The maximum Gasteiger partial charge on any atom is 0.203 e. The van der Waals surface area contributed by atoms with Gasteiger partial charge in [0.2, 0.25) is 11.6 Å². The maximum atomic E-state index is 12.5. The van der Waals surface area contributed by atoms with Crippen LogP contribution in [0.1, 0.15) is 40.0 Å². The molecule has 0 aromatic heterocycles. The summed E-state index contributed by atoms with van der Waals surface area (Å²) in [4.78, 5) is 18.8. The monoisotopic (exact) mass is 369 g/mol. The molecule has 0 saturated carbocycles. The molecule has 0 amide bonds.